The van der Waals surface area contributed by atoms with Gasteiger partial charge in [-0.1, -0.05) is 22.0 Å². The molecule has 1 amide bonds. The summed E-state index contributed by atoms with van der Waals surface area (Å²) in [6.07, 6.45) is 0.444. The number of halogens is 2. The predicted molar refractivity (Wildman–Crippen MR) is 78.4 cm³/mol. The minimum Gasteiger partial charge on any atom is -0.343 e. The van der Waals surface area contributed by atoms with Crippen molar-refractivity contribution in [1.29, 1.82) is 0 Å². The van der Waals surface area contributed by atoms with Gasteiger partial charge in [-0.25, -0.2) is 4.39 Å². The van der Waals surface area contributed by atoms with Gasteiger partial charge in [0.05, 0.1) is 0 Å². The van der Waals surface area contributed by atoms with E-state index in [4.69, 9.17) is 0 Å². The summed E-state index contributed by atoms with van der Waals surface area (Å²) in [5, 5.41) is 3.09. The Morgan fingerprint density at radius 3 is 2.63 bits per heavy atom. The average Bonchev–Trinajstić information content (AvgIpc) is 2.38. The maximum absolute atomic E-state index is 13.5. The highest BCUT2D eigenvalue weighted by Crippen LogP contribution is 2.14. The second kappa shape index (κ2) is 8.27. The van der Waals surface area contributed by atoms with Crippen molar-refractivity contribution in [1.82, 2.24) is 10.2 Å². The summed E-state index contributed by atoms with van der Waals surface area (Å²) >= 11 is 3.22. The third-order valence-corrected chi connectivity index (χ3v) is 3.46. The topological polar surface area (TPSA) is 32.3 Å². The number of nitrogens with one attached hydrogen (secondary N) is 1. The van der Waals surface area contributed by atoms with Gasteiger partial charge in [-0.3, -0.25) is 4.79 Å². The molecule has 0 aliphatic rings. The summed E-state index contributed by atoms with van der Waals surface area (Å²) in [4.78, 5) is 13.5. The fraction of sp³-hybridized carbons (Fsp3) is 0.500. The van der Waals surface area contributed by atoms with Crippen molar-refractivity contribution in [2.45, 2.75) is 26.8 Å². The Balaban J connectivity index is 2.33. The van der Waals surface area contributed by atoms with Crippen molar-refractivity contribution in [3.8, 4) is 0 Å². The molecule has 0 spiro atoms. The van der Waals surface area contributed by atoms with Gasteiger partial charge >= 0.3 is 0 Å². The van der Waals surface area contributed by atoms with Gasteiger partial charge in [-0.05, 0) is 26.0 Å². The number of benzene rings is 1. The van der Waals surface area contributed by atoms with E-state index >= 15 is 0 Å². The number of amides is 1. The van der Waals surface area contributed by atoms with Gasteiger partial charge in [0.1, 0.15) is 5.82 Å². The Labute approximate surface area is 122 Å². The van der Waals surface area contributed by atoms with Crippen molar-refractivity contribution in [3.05, 3.63) is 34.1 Å². The van der Waals surface area contributed by atoms with Crippen molar-refractivity contribution in [3.63, 3.8) is 0 Å². The molecule has 0 fully saturated rings. The zero-order valence-electron chi connectivity index (χ0n) is 11.4. The fourth-order valence-electron chi connectivity index (χ4n) is 1.82. The first kappa shape index (κ1) is 16.1. The molecule has 0 atom stereocenters. The first-order valence-corrected chi connectivity index (χ1v) is 7.30. The second-order valence-electron chi connectivity index (χ2n) is 4.23. The summed E-state index contributed by atoms with van der Waals surface area (Å²) in [7, 11) is 0. The molecule has 1 rings (SSSR count). The Morgan fingerprint density at radius 1 is 1.37 bits per heavy atom. The van der Waals surface area contributed by atoms with E-state index in [1.54, 1.807) is 17.0 Å². The highest BCUT2D eigenvalue weighted by molar-refractivity contribution is 9.10. The zero-order valence-corrected chi connectivity index (χ0v) is 13.0. The van der Waals surface area contributed by atoms with Gasteiger partial charge < -0.3 is 10.2 Å². The summed E-state index contributed by atoms with van der Waals surface area (Å²) in [6, 6.07) is 4.98. The van der Waals surface area contributed by atoms with E-state index in [0.717, 1.165) is 17.6 Å². The average molecular weight is 331 g/mol. The molecule has 3 nitrogen and oxygen atoms in total. The quantitative estimate of drug-likeness (QED) is 0.779. The van der Waals surface area contributed by atoms with E-state index in [0.29, 0.717) is 25.1 Å². The molecule has 19 heavy (non-hydrogen) atoms. The lowest BCUT2D eigenvalue weighted by atomic mass is 10.2. The minimum absolute atomic E-state index is 0.133. The Kier molecular flexibility index (Phi) is 7.02. The monoisotopic (exact) mass is 330 g/mol. The van der Waals surface area contributed by atoms with E-state index in [-0.39, 0.29) is 11.7 Å². The molecular weight excluding hydrogens is 311 g/mol. The van der Waals surface area contributed by atoms with E-state index < -0.39 is 0 Å². The number of hydrogen-bond acceptors (Lipinski definition) is 2. The number of carbonyl (C=O) groups excluding carboxylic acids is 1. The molecule has 0 radical (unpaired) electrons. The normalized spacial score (nSPS) is 10.5. The molecule has 0 aliphatic heterocycles. The molecule has 0 heterocycles. The summed E-state index contributed by atoms with van der Waals surface area (Å²) in [6.45, 7) is 6.39. The van der Waals surface area contributed by atoms with Crippen LogP contribution < -0.4 is 5.32 Å². The predicted octanol–water partition coefficient (Wildman–Crippen LogP) is 2.94. The van der Waals surface area contributed by atoms with Crippen molar-refractivity contribution < 1.29 is 9.18 Å². The Hall–Kier alpha value is -0.940. The number of rotatable bonds is 7. The van der Waals surface area contributed by atoms with Gasteiger partial charge in [0.15, 0.2) is 0 Å². The van der Waals surface area contributed by atoms with E-state index in [1.807, 2.05) is 13.8 Å². The highest BCUT2D eigenvalue weighted by atomic mass is 79.9. The molecule has 1 aromatic carbocycles. The van der Waals surface area contributed by atoms with Crippen LogP contribution in [-0.4, -0.2) is 30.4 Å². The van der Waals surface area contributed by atoms with Crippen LogP contribution in [0, 0.1) is 5.82 Å². The third kappa shape index (κ3) is 5.28. The van der Waals surface area contributed by atoms with E-state index in [1.165, 1.54) is 6.07 Å². The first-order chi connectivity index (χ1) is 9.08. The zero-order chi connectivity index (χ0) is 14.3. The SMILES string of the molecule is CCN(CC)C(=O)CCNCc1ccc(Br)cc1F. The van der Waals surface area contributed by atoms with Gasteiger partial charge in [0, 0.05) is 42.6 Å². The maximum Gasteiger partial charge on any atom is 0.223 e. The largest absolute Gasteiger partial charge is 0.343 e. The van der Waals surface area contributed by atoms with Crippen LogP contribution in [0.2, 0.25) is 0 Å². The smallest absolute Gasteiger partial charge is 0.223 e. The van der Waals surface area contributed by atoms with Gasteiger partial charge in [0.2, 0.25) is 5.91 Å². The van der Waals surface area contributed by atoms with Crippen LogP contribution in [0.5, 0.6) is 0 Å². The summed E-state index contributed by atoms with van der Waals surface area (Å²) in [5.41, 5.74) is 0.610. The molecule has 1 N–H and O–H groups in total. The van der Waals surface area contributed by atoms with Crippen LogP contribution >= 0.6 is 15.9 Å². The van der Waals surface area contributed by atoms with Crippen LogP contribution in [0.25, 0.3) is 0 Å². The van der Waals surface area contributed by atoms with E-state index in [9.17, 15) is 9.18 Å². The van der Waals surface area contributed by atoms with Gasteiger partial charge in [-0.2, -0.15) is 0 Å². The lowest BCUT2D eigenvalue weighted by Crippen LogP contribution is -2.32. The van der Waals surface area contributed by atoms with Crippen LogP contribution in [0.15, 0.2) is 22.7 Å². The lowest BCUT2D eigenvalue weighted by Gasteiger charge is -2.18. The van der Waals surface area contributed by atoms with Crippen LogP contribution in [0.3, 0.4) is 0 Å². The standard InChI is InChI=1S/C14H20BrFN2O/c1-3-18(4-2)14(19)7-8-17-10-11-5-6-12(15)9-13(11)16/h5-6,9,17H,3-4,7-8,10H2,1-2H3. The molecule has 0 bridgehead atoms. The molecule has 5 heteroatoms. The van der Waals surface area contributed by atoms with Crippen molar-refractivity contribution in [2.75, 3.05) is 19.6 Å². The van der Waals surface area contributed by atoms with Crippen LogP contribution in [0.4, 0.5) is 4.39 Å². The maximum atomic E-state index is 13.5. The molecule has 0 aromatic heterocycles. The molecule has 106 valence electrons. The van der Waals surface area contributed by atoms with Crippen molar-refractivity contribution in [2.24, 2.45) is 0 Å². The Morgan fingerprint density at radius 2 is 2.05 bits per heavy atom. The molecule has 0 saturated carbocycles. The second-order valence-corrected chi connectivity index (χ2v) is 5.14. The van der Waals surface area contributed by atoms with E-state index in [2.05, 4.69) is 21.2 Å². The van der Waals surface area contributed by atoms with Gasteiger partial charge in [-0.15, -0.1) is 0 Å². The Bertz CT molecular complexity index is 422. The highest BCUT2D eigenvalue weighted by Gasteiger charge is 2.08. The fourth-order valence-corrected chi connectivity index (χ4v) is 2.15. The molecule has 0 aliphatic carbocycles. The summed E-state index contributed by atoms with van der Waals surface area (Å²) < 4.78 is 14.3. The minimum atomic E-state index is -0.239. The van der Waals surface area contributed by atoms with Crippen molar-refractivity contribution >= 4 is 21.8 Å². The summed E-state index contributed by atoms with van der Waals surface area (Å²) in [5.74, 6) is -0.106. The van der Waals surface area contributed by atoms with Crippen LogP contribution in [0.1, 0.15) is 25.8 Å². The van der Waals surface area contributed by atoms with Crippen LogP contribution in [-0.2, 0) is 11.3 Å². The molecular formula is C14H20BrFN2O. The van der Waals surface area contributed by atoms with Gasteiger partial charge in [0.25, 0.3) is 0 Å². The molecule has 0 unspecified atom stereocenters. The third-order valence-electron chi connectivity index (χ3n) is 2.96. The number of hydrogen-bond donors (Lipinski definition) is 1. The molecule has 0 saturated heterocycles. The number of carbonyl (C=O) groups is 1. The lowest BCUT2D eigenvalue weighted by molar-refractivity contribution is -0.130. The number of nitrogens with zero attached hydrogens (tertiary/aromatic N) is 1. The first-order valence-electron chi connectivity index (χ1n) is 6.50. The molecule has 1 aromatic rings.